The fourth-order valence-electron chi connectivity index (χ4n) is 2.13. The first-order valence-corrected chi connectivity index (χ1v) is 5.49. The van der Waals surface area contributed by atoms with Gasteiger partial charge in [-0.15, -0.1) is 0 Å². The van der Waals surface area contributed by atoms with Gasteiger partial charge in [-0.05, 0) is 42.7 Å². The molecular weight excluding hydrogens is 172 g/mol. The molecule has 0 amide bonds. The van der Waals surface area contributed by atoms with E-state index in [2.05, 4.69) is 31.2 Å². The molecule has 0 radical (unpaired) electrons. The summed E-state index contributed by atoms with van der Waals surface area (Å²) in [5.41, 5.74) is 2.79. The van der Waals surface area contributed by atoms with E-state index >= 15 is 0 Å². The average Bonchev–Trinajstić information content (AvgIpc) is 2.97. The summed E-state index contributed by atoms with van der Waals surface area (Å²) in [5.74, 6) is 1.11. The molecule has 76 valence electrons. The Labute approximate surface area is 85.8 Å². The van der Waals surface area contributed by atoms with Crippen LogP contribution in [0.5, 0.6) is 0 Å². The molecule has 14 heavy (non-hydrogen) atoms. The molecule has 3 atom stereocenters. The maximum absolute atomic E-state index is 9.42. The van der Waals surface area contributed by atoms with Crippen LogP contribution in [0, 0.1) is 5.92 Å². The van der Waals surface area contributed by atoms with Gasteiger partial charge in [0.25, 0.3) is 0 Å². The maximum Gasteiger partial charge on any atom is 0.0546 e. The SMILES string of the molecule is CCc1ccc([C@@H]2C[C@@H]2[C@H](C)O)cc1. The summed E-state index contributed by atoms with van der Waals surface area (Å²) in [5, 5.41) is 9.42. The Morgan fingerprint density at radius 1 is 1.36 bits per heavy atom. The number of rotatable bonds is 3. The number of hydrogen-bond donors (Lipinski definition) is 1. The van der Waals surface area contributed by atoms with Crippen molar-refractivity contribution in [2.75, 3.05) is 0 Å². The monoisotopic (exact) mass is 190 g/mol. The Hall–Kier alpha value is -0.820. The normalized spacial score (nSPS) is 27.4. The van der Waals surface area contributed by atoms with Crippen LogP contribution in [-0.4, -0.2) is 11.2 Å². The summed E-state index contributed by atoms with van der Waals surface area (Å²) in [4.78, 5) is 0. The van der Waals surface area contributed by atoms with Gasteiger partial charge in [-0.1, -0.05) is 31.2 Å². The van der Waals surface area contributed by atoms with Crippen molar-refractivity contribution in [2.45, 2.75) is 38.7 Å². The predicted molar refractivity (Wildman–Crippen MR) is 58.3 cm³/mol. The molecule has 1 aromatic rings. The Kier molecular flexibility index (Phi) is 2.60. The van der Waals surface area contributed by atoms with Crippen molar-refractivity contribution < 1.29 is 5.11 Å². The second-order valence-electron chi connectivity index (χ2n) is 4.34. The van der Waals surface area contributed by atoms with Crippen molar-refractivity contribution in [3.63, 3.8) is 0 Å². The first-order chi connectivity index (χ1) is 6.72. The molecule has 1 aliphatic rings. The highest BCUT2D eigenvalue weighted by atomic mass is 16.3. The number of aliphatic hydroxyl groups excluding tert-OH is 1. The van der Waals surface area contributed by atoms with E-state index in [1.165, 1.54) is 11.1 Å². The molecule has 0 aromatic heterocycles. The zero-order valence-corrected chi connectivity index (χ0v) is 8.90. The van der Waals surface area contributed by atoms with Gasteiger partial charge in [-0.25, -0.2) is 0 Å². The largest absolute Gasteiger partial charge is 0.393 e. The number of aliphatic hydroxyl groups is 1. The standard InChI is InChI=1S/C13H18O/c1-3-10-4-6-11(7-5-10)13-8-12(13)9(2)14/h4-7,9,12-14H,3,8H2,1-2H3/t9-,12+,13-/m0/s1. The van der Waals surface area contributed by atoms with Gasteiger partial charge in [-0.3, -0.25) is 0 Å². The fraction of sp³-hybridized carbons (Fsp3) is 0.538. The van der Waals surface area contributed by atoms with Gasteiger partial charge in [0.2, 0.25) is 0 Å². The first kappa shape index (κ1) is 9.72. The van der Waals surface area contributed by atoms with E-state index in [4.69, 9.17) is 0 Å². The molecule has 1 fully saturated rings. The molecule has 1 N–H and O–H groups in total. The minimum atomic E-state index is -0.147. The Bertz CT molecular complexity index is 300. The molecule has 0 unspecified atom stereocenters. The second kappa shape index (κ2) is 3.74. The summed E-state index contributed by atoms with van der Waals surface area (Å²) in [6.45, 7) is 4.07. The highest BCUT2D eigenvalue weighted by Gasteiger charge is 2.41. The van der Waals surface area contributed by atoms with Gasteiger partial charge in [0, 0.05) is 0 Å². The number of benzene rings is 1. The topological polar surface area (TPSA) is 20.2 Å². The van der Waals surface area contributed by atoms with Crippen LogP contribution < -0.4 is 0 Å². The first-order valence-electron chi connectivity index (χ1n) is 5.49. The highest BCUT2D eigenvalue weighted by Crippen LogP contribution is 2.49. The minimum absolute atomic E-state index is 0.147. The maximum atomic E-state index is 9.42. The molecule has 2 rings (SSSR count). The second-order valence-corrected chi connectivity index (χ2v) is 4.34. The summed E-state index contributed by atoms with van der Waals surface area (Å²) < 4.78 is 0. The molecule has 1 aromatic carbocycles. The molecule has 1 saturated carbocycles. The molecule has 0 aliphatic heterocycles. The lowest BCUT2D eigenvalue weighted by Gasteiger charge is -2.04. The van der Waals surface area contributed by atoms with E-state index in [1.807, 2.05) is 6.92 Å². The Balaban J connectivity index is 2.05. The van der Waals surface area contributed by atoms with Crippen LogP contribution in [0.4, 0.5) is 0 Å². The van der Waals surface area contributed by atoms with E-state index in [-0.39, 0.29) is 6.10 Å². The summed E-state index contributed by atoms with van der Waals surface area (Å²) >= 11 is 0. The van der Waals surface area contributed by atoms with Crippen LogP contribution >= 0.6 is 0 Å². The fourth-order valence-corrected chi connectivity index (χ4v) is 2.13. The molecular formula is C13H18O. The molecule has 1 heteroatoms. The van der Waals surface area contributed by atoms with E-state index in [9.17, 15) is 5.11 Å². The van der Waals surface area contributed by atoms with Gasteiger partial charge in [0.15, 0.2) is 0 Å². The van der Waals surface area contributed by atoms with Crippen LogP contribution in [0.1, 0.15) is 37.3 Å². The van der Waals surface area contributed by atoms with Crippen molar-refractivity contribution >= 4 is 0 Å². The molecule has 1 nitrogen and oxygen atoms in total. The Morgan fingerprint density at radius 2 is 2.00 bits per heavy atom. The lowest BCUT2D eigenvalue weighted by atomic mass is 10.0. The smallest absolute Gasteiger partial charge is 0.0546 e. The molecule has 1 aliphatic carbocycles. The van der Waals surface area contributed by atoms with E-state index in [0.29, 0.717) is 11.8 Å². The zero-order valence-electron chi connectivity index (χ0n) is 8.90. The van der Waals surface area contributed by atoms with Gasteiger partial charge < -0.3 is 5.11 Å². The third kappa shape index (κ3) is 1.83. The molecule has 0 spiro atoms. The quantitative estimate of drug-likeness (QED) is 0.777. The summed E-state index contributed by atoms with van der Waals surface area (Å²) in [6.07, 6.45) is 2.11. The lowest BCUT2D eigenvalue weighted by molar-refractivity contribution is 0.169. The van der Waals surface area contributed by atoms with Crippen molar-refractivity contribution in [3.05, 3.63) is 35.4 Å². The predicted octanol–water partition coefficient (Wildman–Crippen LogP) is 2.73. The molecule has 0 saturated heterocycles. The van der Waals surface area contributed by atoms with Crippen LogP contribution in [-0.2, 0) is 6.42 Å². The van der Waals surface area contributed by atoms with Crippen LogP contribution in [0.15, 0.2) is 24.3 Å². The van der Waals surface area contributed by atoms with Crippen molar-refractivity contribution in [1.82, 2.24) is 0 Å². The highest BCUT2D eigenvalue weighted by molar-refractivity contribution is 5.29. The van der Waals surface area contributed by atoms with E-state index < -0.39 is 0 Å². The third-order valence-electron chi connectivity index (χ3n) is 3.28. The summed E-state index contributed by atoms with van der Waals surface area (Å²) in [6, 6.07) is 8.83. The van der Waals surface area contributed by atoms with Gasteiger partial charge in [0.05, 0.1) is 6.10 Å². The lowest BCUT2D eigenvalue weighted by Crippen LogP contribution is -2.03. The van der Waals surface area contributed by atoms with E-state index in [0.717, 1.165) is 12.8 Å². The van der Waals surface area contributed by atoms with Crippen LogP contribution in [0.2, 0.25) is 0 Å². The van der Waals surface area contributed by atoms with Crippen molar-refractivity contribution in [2.24, 2.45) is 5.92 Å². The minimum Gasteiger partial charge on any atom is -0.393 e. The van der Waals surface area contributed by atoms with Gasteiger partial charge in [0.1, 0.15) is 0 Å². The van der Waals surface area contributed by atoms with Crippen molar-refractivity contribution in [1.29, 1.82) is 0 Å². The van der Waals surface area contributed by atoms with Gasteiger partial charge >= 0.3 is 0 Å². The number of aryl methyl sites for hydroxylation is 1. The molecule has 0 bridgehead atoms. The zero-order chi connectivity index (χ0) is 10.1. The number of hydrogen-bond acceptors (Lipinski definition) is 1. The van der Waals surface area contributed by atoms with E-state index in [1.54, 1.807) is 0 Å². The molecule has 0 heterocycles. The van der Waals surface area contributed by atoms with Gasteiger partial charge in [-0.2, -0.15) is 0 Å². The van der Waals surface area contributed by atoms with Crippen LogP contribution in [0.3, 0.4) is 0 Å². The third-order valence-corrected chi connectivity index (χ3v) is 3.28. The Morgan fingerprint density at radius 3 is 2.43 bits per heavy atom. The van der Waals surface area contributed by atoms with Crippen molar-refractivity contribution in [3.8, 4) is 0 Å². The average molecular weight is 190 g/mol. The summed E-state index contributed by atoms with van der Waals surface area (Å²) in [7, 11) is 0. The van der Waals surface area contributed by atoms with Crippen LogP contribution in [0.25, 0.3) is 0 Å².